The summed E-state index contributed by atoms with van der Waals surface area (Å²) in [5, 5.41) is 9.55. The molecule has 2 nitrogen and oxygen atoms in total. The highest BCUT2D eigenvalue weighted by Crippen LogP contribution is 2.57. The second kappa shape index (κ2) is 4.94. The summed E-state index contributed by atoms with van der Waals surface area (Å²) in [6, 6.07) is 5.92. The molecule has 1 fully saturated rings. The van der Waals surface area contributed by atoms with Gasteiger partial charge in [-0.1, -0.05) is 57.6 Å². The summed E-state index contributed by atoms with van der Waals surface area (Å²) in [5.74, 6) is -0.270. The van der Waals surface area contributed by atoms with Crippen LogP contribution in [-0.2, 0) is 6.42 Å². The van der Waals surface area contributed by atoms with E-state index in [4.69, 9.17) is 0 Å². The normalized spacial score (nSPS) is 23.4. The minimum atomic E-state index is -0.819. The fraction of sp³-hybridized carbons (Fsp3) is 0.588. The van der Waals surface area contributed by atoms with Crippen LogP contribution in [0.4, 0.5) is 0 Å². The molecule has 0 radical (unpaired) electrons. The maximum Gasteiger partial charge on any atom is 0.335 e. The Bertz CT molecular complexity index is 516. The monoisotopic (exact) mass is 272 g/mol. The Morgan fingerprint density at radius 2 is 2.00 bits per heavy atom. The highest BCUT2D eigenvalue weighted by Gasteiger charge is 2.47. The third-order valence-corrected chi connectivity index (χ3v) is 5.56. The summed E-state index contributed by atoms with van der Waals surface area (Å²) in [6.07, 6.45) is 1.95. The Morgan fingerprint density at radius 3 is 2.45 bits per heavy atom. The number of carboxylic acid groups (broad SMARTS) is 1. The zero-order valence-corrected chi connectivity index (χ0v) is 13.3. The molecule has 1 N–H and O–H groups in total. The Hall–Kier alpha value is -1.25. The lowest BCUT2D eigenvalue weighted by Gasteiger charge is -2.34. The van der Waals surface area contributed by atoms with Gasteiger partial charge in [0.1, 0.15) is 7.28 Å². The number of carbonyl (C=O) groups is 1. The van der Waals surface area contributed by atoms with Crippen LogP contribution in [0.1, 0.15) is 68.3 Å². The fourth-order valence-corrected chi connectivity index (χ4v) is 3.46. The molecule has 1 aliphatic heterocycles. The third-order valence-electron chi connectivity index (χ3n) is 5.56. The van der Waals surface area contributed by atoms with Crippen LogP contribution in [-0.4, -0.2) is 18.4 Å². The molecule has 1 heterocycles. The van der Waals surface area contributed by atoms with E-state index in [9.17, 15) is 9.90 Å². The molecule has 1 atom stereocenters. The lowest BCUT2D eigenvalue weighted by atomic mass is 9.47. The lowest BCUT2D eigenvalue weighted by Crippen LogP contribution is -2.23. The van der Waals surface area contributed by atoms with E-state index < -0.39 is 5.97 Å². The molecule has 1 saturated heterocycles. The Balaban J connectivity index is 2.34. The first-order chi connectivity index (χ1) is 9.18. The van der Waals surface area contributed by atoms with Gasteiger partial charge in [0.15, 0.2) is 0 Å². The summed E-state index contributed by atoms with van der Waals surface area (Å²) < 4.78 is 0. The van der Waals surface area contributed by atoms with Crippen molar-refractivity contribution in [3.8, 4) is 0 Å². The Kier molecular flexibility index (Phi) is 3.74. The van der Waals surface area contributed by atoms with E-state index in [0.717, 1.165) is 12.0 Å². The number of carboxylic acids is 1. The zero-order valence-electron chi connectivity index (χ0n) is 13.3. The molecular formula is C17H25BO2. The van der Waals surface area contributed by atoms with Crippen LogP contribution < -0.4 is 0 Å². The van der Waals surface area contributed by atoms with Crippen LogP contribution in [0.25, 0.3) is 0 Å². The van der Waals surface area contributed by atoms with E-state index in [1.165, 1.54) is 19.3 Å². The lowest BCUT2D eigenvalue weighted by molar-refractivity contribution is 0.0695. The summed E-state index contributed by atoms with van der Waals surface area (Å²) in [5.41, 5.74) is 3.05. The summed E-state index contributed by atoms with van der Waals surface area (Å²) in [6.45, 7) is 11.4. The van der Waals surface area contributed by atoms with E-state index in [-0.39, 0.29) is 0 Å². The number of aryl methyl sites for hydroxylation is 1. The molecule has 0 spiro atoms. The van der Waals surface area contributed by atoms with Gasteiger partial charge < -0.3 is 5.11 Å². The van der Waals surface area contributed by atoms with Crippen molar-refractivity contribution in [2.75, 3.05) is 0 Å². The number of hydrogen-bond acceptors (Lipinski definition) is 1. The number of aromatic carboxylic acids is 1. The van der Waals surface area contributed by atoms with Crippen LogP contribution >= 0.6 is 0 Å². The molecule has 0 saturated carbocycles. The maximum absolute atomic E-state index is 11.2. The molecule has 3 heteroatoms. The molecule has 20 heavy (non-hydrogen) atoms. The second-order valence-electron chi connectivity index (χ2n) is 7.45. The van der Waals surface area contributed by atoms with Crippen molar-refractivity contribution in [3.05, 3.63) is 34.9 Å². The van der Waals surface area contributed by atoms with Gasteiger partial charge in [0, 0.05) is 0 Å². The smallest absolute Gasteiger partial charge is 0.335 e. The second-order valence-corrected chi connectivity index (χ2v) is 7.45. The molecule has 1 aliphatic rings. The van der Waals surface area contributed by atoms with E-state index in [1.54, 1.807) is 6.07 Å². The number of rotatable bonds is 3. The molecule has 0 amide bonds. The topological polar surface area (TPSA) is 37.3 Å². The van der Waals surface area contributed by atoms with Gasteiger partial charge in [-0.3, -0.25) is 0 Å². The maximum atomic E-state index is 11.2. The van der Waals surface area contributed by atoms with Crippen LogP contribution in [0.2, 0.25) is 5.31 Å². The Morgan fingerprint density at radius 1 is 1.35 bits per heavy atom. The summed E-state index contributed by atoms with van der Waals surface area (Å²) in [4.78, 5) is 11.2. The predicted molar refractivity (Wildman–Crippen MR) is 85.1 cm³/mol. The average Bonchev–Trinajstić information content (AvgIpc) is 2.57. The predicted octanol–water partition coefficient (Wildman–Crippen LogP) is 4.05. The van der Waals surface area contributed by atoms with Crippen molar-refractivity contribution in [2.24, 2.45) is 5.41 Å². The first-order valence-corrected chi connectivity index (χ1v) is 7.54. The van der Waals surface area contributed by atoms with Gasteiger partial charge in [-0.05, 0) is 35.7 Å². The standard InChI is InChI=1S/C17H25BO2/c1-6-11-9-12(7-8-13(11)15(19)20)14-10-16(2,3)17(4,5)18-14/h7-9,14,18H,6,10H2,1-5H3,(H,19,20). The highest BCUT2D eigenvalue weighted by atomic mass is 16.4. The molecule has 0 bridgehead atoms. The van der Waals surface area contributed by atoms with E-state index in [0.29, 0.717) is 22.1 Å². The van der Waals surface area contributed by atoms with Crippen molar-refractivity contribution in [3.63, 3.8) is 0 Å². The van der Waals surface area contributed by atoms with Crippen LogP contribution in [0, 0.1) is 5.41 Å². The number of benzene rings is 1. The highest BCUT2D eigenvalue weighted by molar-refractivity contribution is 6.43. The van der Waals surface area contributed by atoms with Gasteiger partial charge in [0.2, 0.25) is 0 Å². The molecule has 2 rings (SSSR count). The summed E-state index contributed by atoms with van der Waals surface area (Å²) in [7, 11) is 1.18. The van der Waals surface area contributed by atoms with Gasteiger partial charge in [0.05, 0.1) is 5.56 Å². The average molecular weight is 272 g/mol. The first kappa shape index (κ1) is 15.1. The summed E-state index contributed by atoms with van der Waals surface area (Å²) >= 11 is 0. The molecule has 0 aliphatic carbocycles. The van der Waals surface area contributed by atoms with Gasteiger partial charge >= 0.3 is 5.97 Å². The minimum Gasteiger partial charge on any atom is -0.478 e. The van der Waals surface area contributed by atoms with Crippen LogP contribution in [0.15, 0.2) is 18.2 Å². The van der Waals surface area contributed by atoms with E-state index in [1.807, 2.05) is 13.0 Å². The third kappa shape index (κ3) is 2.50. The molecule has 1 aromatic carbocycles. The first-order valence-electron chi connectivity index (χ1n) is 7.54. The quantitative estimate of drug-likeness (QED) is 0.843. The van der Waals surface area contributed by atoms with Gasteiger partial charge in [0.25, 0.3) is 0 Å². The number of hydrogen-bond donors (Lipinski definition) is 1. The van der Waals surface area contributed by atoms with Crippen molar-refractivity contribution in [2.45, 2.75) is 58.6 Å². The van der Waals surface area contributed by atoms with Crippen molar-refractivity contribution < 1.29 is 9.90 Å². The largest absolute Gasteiger partial charge is 0.478 e. The molecule has 1 aromatic rings. The van der Waals surface area contributed by atoms with Crippen molar-refractivity contribution in [1.82, 2.24) is 0 Å². The van der Waals surface area contributed by atoms with Crippen molar-refractivity contribution in [1.29, 1.82) is 0 Å². The zero-order chi connectivity index (χ0) is 15.1. The van der Waals surface area contributed by atoms with Crippen molar-refractivity contribution >= 4 is 13.2 Å². The van der Waals surface area contributed by atoms with E-state index in [2.05, 4.69) is 33.8 Å². The molecule has 1 unspecified atom stereocenters. The fourth-order valence-electron chi connectivity index (χ4n) is 3.46. The molecule has 0 aromatic heterocycles. The van der Waals surface area contributed by atoms with Crippen LogP contribution in [0.5, 0.6) is 0 Å². The van der Waals surface area contributed by atoms with Gasteiger partial charge in [-0.2, -0.15) is 0 Å². The Labute approximate surface area is 122 Å². The van der Waals surface area contributed by atoms with Gasteiger partial charge in [-0.15, -0.1) is 0 Å². The molecule has 108 valence electrons. The minimum absolute atomic E-state index is 0.329. The van der Waals surface area contributed by atoms with Gasteiger partial charge in [-0.25, -0.2) is 4.79 Å². The van der Waals surface area contributed by atoms with E-state index >= 15 is 0 Å². The molecular weight excluding hydrogens is 247 g/mol. The SMILES string of the molecule is CCc1cc(C2BC(C)(C)C(C)(C)C2)ccc1C(=O)O. The van der Waals surface area contributed by atoms with Crippen LogP contribution in [0.3, 0.4) is 0 Å².